The summed E-state index contributed by atoms with van der Waals surface area (Å²) >= 11 is 0. The summed E-state index contributed by atoms with van der Waals surface area (Å²) in [5, 5.41) is 4.78. The van der Waals surface area contributed by atoms with Crippen molar-refractivity contribution in [3.8, 4) is 11.3 Å². The van der Waals surface area contributed by atoms with Gasteiger partial charge in [0.25, 0.3) is 0 Å². The first-order valence-corrected chi connectivity index (χ1v) is 15.2. The Morgan fingerprint density at radius 1 is 1.10 bits per heavy atom. The number of hydrogen-bond donors (Lipinski definition) is 0. The Labute approximate surface area is 238 Å². The summed E-state index contributed by atoms with van der Waals surface area (Å²) in [4.78, 5) is 23.1. The van der Waals surface area contributed by atoms with E-state index in [1.54, 1.807) is 6.20 Å². The van der Waals surface area contributed by atoms with Gasteiger partial charge in [0.05, 0.1) is 23.9 Å². The summed E-state index contributed by atoms with van der Waals surface area (Å²) in [6, 6.07) is 8.20. The molecule has 6 heteroatoms. The third-order valence-electron chi connectivity index (χ3n) is 11.4. The Kier molecular flexibility index (Phi) is 6.95. The van der Waals surface area contributed by atoms with Crippen molar-refractivity contribution in [1.29, 1.82) is 0 Å². The van der Waals surface area contributed by atoms with E-state index < -0.39 is 0 Å². The third-order valence-corrected chi connectivity index (χ3v) is 11.4. The van der Waals surface area contributed by atoms with Crippen LogP contribution >= 0.6 is 0 Å². The molecule has 1 spiro atoms. The fraction of sp³-hybridized carbons (Fsp3) is 0.618. The molecular formula is C34H44N2O4. The molecule has 1 aromatic heterocycles. The van der Waals surface area contributed by atoms with E-state index in [9.17, 15) is 4.79 Å². The number of nitrogens with zero attached hydrogens (tertiary/aromatic N) is 2. The molecule has 214 valence electrons. The number of oxime groups is 1. The maximum Gasteiger partial charge on any atom is 0.312 e. The molecule has 0 amide bonds. The van der Waals surface area contributed by atoms with Gasteiger partial charge in [-0.25, -0.2) is 4.98 Å². The van der Waals surface area contributed by atoms with Crippen LogP contribution in [-0.2, 0) is 14.4 Å². The summed E-state index contributed by atoms with van der Waals surface area (Å²) in [6.45, 7) is 9.97. The van der Waals surface area contributed by atoms with Gasteiger partial charge in [0.15, 0.2) is 12.2 Å². The molecule has 6 nitrogen and oxygen atoms in total. The lowest BCUT2D eigenvalue weighted by Crippen LogP contribution is -2.58. The largest absolute Gasteiger partial charge is 0.466 e. The molecule has 0 aliphatic heterocycles. The SMILES string of the molecule is CCOC(=O)[C@]1(C)CCC[C@@]2(C)[C@@H]3CC[C@@]4(C)C[C@]3(CC[C@@H]21)C/C4=N\OC/C=C/c1ccc(-c2cnco2)cc1. The van der Waals surface area contributed by atoms with Gasteiger partial charge in [-0.1, -0.05) is 55.8 Å². The predicted octanol–water partition coefficient (Wildman–Crippen LogP) is 8.09. The second kappa shape index (κ2) is 10.2. The average Bonchev–Trinajstić information content (AvgIpc) is 3.53. The van der Waals surface area contributed by atoms with Crippen molar-refractivity contribution in [3.63, 3.8) is 0 Å². The molecule has 0 radical (unpaired) electrons. The Balaban J connectivity index is 1.13. The van der Waals surface area contributed by atoms with Crippen molar-refractivity contribution in [1.82, 2.24) is 4.98 Å². The van der Waals surface area contributed by atoms with Gasteiger partial charge in [0.2, 0.25) is 0 Å². The standard InChI is InChI=1S/C34H44N2O4/c1-5-38-30(37)33(4)16-7-15-32(3)27(33)14-18-34-20-29(31(2,22-34)17-13-28(32)34)36-40-19-6-8-24-9-11-25(12-10-24)26-21-35-23-39-26/h6,8-12,21,23,27-28H,5,7,13-20,22H2,1-4H3/b8-6+,36-29+/t27-,28-,31-,32+,33+,34-/m0/s1. The van der Waals surface area contributed by atoms with Crippen molar-refractivity contribution in [3.05, 3.63) is 48.5 Å². The molecule has 4 aliphatic rings. The predicted molar refractivity (Wildman–Crippen MR) is 156 cm³/mol. The topological polar surface area (TPSA) is 73.9 Å². The van der Waals surface area contributed by atoms with Gasteiger partial charge in [-0.2, -0.15) is 0 Å². The van der Waals surface area contributed by atoms with E-state index in [4.69, 9.17) is 19.1 Å². The lowest BCUT2D eigenvalue weighted by Gasteiger charge is -2.64. The zero-order valence-electron chi connectivity index (χ0n) is 24.6. The minimum Gasteiger partial charge on any atom is -0.466 e. The molecule has 0 saturated heterocycles. The number of esters is 1. The molecule has 6 atom stereocenters. The molecule has 40 heavy (non-hydrogen) atoms. The summed E-state index contributed by atoms with van der Waals surface area (Å²) < 4.78 is 11.0. The summed E-state index contributed by atoms with van der Waals surface area (Å²) in [7, 11) is 0. The molecule has 4 saturated carbocycles. The number of benzene rings is 1. The second-order valence-corrected chi connectivity index (χ2v) is 13.7. The van der Waals surface area contributed by atoms with E-state index in [1.165, 1.54) is 37.8 Å². The monoisotopic (exact) mass is 544 g/mol. The zero-order valence-corrected chi connectivity index (χ0v) is 24.6. The van der Waals surface area contributed by atoms with Crippen LogP contribution in [0.3, 0.4) is 0 Å². The first kappa shape index (κ1) is 27.3. The molecule has 4 fully saturated rings. The first-order chi connectivity index (χ1) is 19.2. The number of ether oxygens (including phenoxy) is 1. The Morgan fingerprint density at radius 3 is 2.65 bits per heavy atom. The van der Waals surface area contributed by atoms with Crippen molar-refractivity contribution >= 4 is 17.8 Å². The molecule has 2 aromatic rings. The first-order valence-electron chi connectivity index (χ1n) is 15.2. The number of carbonyl (C=O) groups is 1. The lowest BCUT2D eigenvalue weighted by molar-refractivity contribution is -0.187. The number of hydrogen-bond acceptors (Lipinski definition) is 6. The summed E-state index contributed by atoms with van der Waals surface area (Å²) in [6.07, 6.45) is 17.5. The highest BCUT2D eigenvalue weighted by atomic mass is 16.6. The average molecular weight is 545 g/mol. The second-order valence-electron chi connectivity index (χ2n) is 13.7. The quantitative estimate of drug-likeness (QED) is 0.200. The maximum absolute atomic E-state index is 13.2. The molecule has 1 aromatic carbocycles. The van der Waals surface area contributed by atoms with E-state index in [0.717, 1.165) is 49.0 Å². The molecule has 0 unspecified atom stereocenters. The number of aromatic nitrogens is 1. The van der Waals surface area contributed by atoms with Crippen LogP contribution in [0.15, 0.2) is 52.5 Å². The van der Waals surface area contributed by atoms with Crippen LogP contribution in [0, 0.1) is 33.5 Å². The van der Waals surface area contributed by atoms with Crippen molar-refractivity contribution in [2.45, 2.75) is 85.5 Å². The van der Waals surface area contributed by atoms with Gasteiger partial charge < -0.3 is 14.0 Å². The fourth-order valence-electron chi connectivity index (χ4n) is 9.67. The smallest absolute Gasteiger partial charge is 0.312 e. The van der Waals surface area contributed by atoms with E-state index in [2.05, 4.69) is 44.0 Å². The molecule has 0 N–H and O–H groups in total. The van der Waals surface area contributed by atoms with Crippen molar-refractivity contribution in [2.75, 3.05) is 13.2 Å². The van der Waals surface area contributed by atoms with E-state index in [1.807, 2.05) is 25.1 Å². The van der Waals surface area contributed by atoms with Crippen LogP contribution < -0.4 is 0 Å². The Morgan fingerprint density at radius 2 is 1.90 bits per heavy atom. The Bertz CT molecular complexity index is 1280. The lowest BCUT2D eigenvalue weighted by atomic mass is 9.40. The van der Waals surface area contributed by atoms with E-state index in [0.29, 0.717) is 25.0 Å². The van der Waals surface area contributed by atoms with Crippen LogP contribution in [0.4, 0.5) is 0 Å². The molecular weight excluding hydrogens is 500 g/mol. The van der Waals surface area contributed by atoms with Crippen molar-refractivity contribution < 1.29 is 18.8 Å². The van der Waals surface area contributed by atoms with Crippen LogP contribution in [0.2, 0.25) is 0 Å². The number of carbonyl (C=O) groups excluding carboxylic acids is 1. The van der Waals surface area contributed by atoms with Crippen LogP contribution in [0.5, 0.6) is 0 Å². The maximum atomic E-state index is 13.2. The summed E-state index contributed by atoms with van der Waals surface area (Å²) in [5.74, 6) is 1.84. The molecule has 2 bridgehead atoms. The van der Waals surface area contributed by atoms with Gasteiger partial charge in [0.1, 0.15) is 6.61 Å². The van der Waals surface area contributed by atoms with Crippen LogP contribution in [-0.4, -0.2) is 29.9 Å². The van der Waals surface area contributed by atoms with E-state index >= 15 is 0 Å². The fourth-order valence-corrected chi connectivity index (χ4v) is 9.67. The van der Waals surface area contributed by atoms with Gasteiger partial charge in [-0.05, 0) is 99.5 Å². The zero-order chi connectivity index (χ0) is 28.0. The molecule has 4 aliphatic carbocycles. The highest BCUT2D eigenvalue weighted by Gasteiger charge is 2.67. The van der Waals surface area contributed by atoms with Crippen LogP contribution in [0.1, 0.15) is 91.0 Å². The highest BCUT2D eigenvalue weighted by molar-refractivity contribution is 5.93. The van der Waals surface area contributed by atoms with Gasteiger partial charge in [-0.3, -0.25) is 4.79 Å². The van der Waals surface area contributed by atoms with Gasteiger partial charge >= 0.3 is 5.97 Å². The van der Waals surface area contributed by atoms with Crippen LogP contribution in [0.25, 0.3) is 17.4 Å². The molecule has 1 heterocycles. The van der Waals surface area contributed by atoms with Gasteiger partial charge in [0, 0.05) is 11.0 Å². The molecule has 6 rings (SSSR count). The Hall–Kier alpha value is -2.89. The summed E-state index contributed by atoms with van der Waals surface area (Å²) in [5.41, 5.74) is 3.61. The highest BCUT2D eigenvalue weighted by Crippen LogP contribution is 2.73. The van der Waals surface area contributed by atoms with E-state index in [-0.39, 0.29) is 27.6 Å². The number of rotatable bonds is 7. The number of fused-ring (bicyclic) bond motifs is 3. The third kappa shape index (κ3) is 4.42. The minimum absolute atomic E-state index is 0.0309. The number of oxazole rings is 1. The van der Waals surface area contributed by atoms with Crippen molar-refractivity contribution in [2.24, 2.45) is 38.7 Å². The minimum atomic E-state index is -0.355. The van der Waals surface area contributed by atoms with Gasteiger partial charge in [-0.15, -0.1) is 0 Å². The normalized spacial score (nSPS) is 37.8.